The second-order valence-electron chi connectivity index (χ2n) is 6.13. The second-order valence-corrected chi connectivity index (χ2v) is 6.57. The van der Waals surface area contributed by atoms with Crippen LogP contribution >= 0.6 is 11.6 Å². The number of aromatic amines is 1. The van der Waals surface area contributed by atoms with Crippen LogP contribution in [-0.2, 0) is 6.42 Å². The average Bonchev–Trinajstić information content (AvgIpc) is 2.99. The SMILES string of the molecule is Cc1cc2c(F)c(Nc3ccnc(Cc4cccc(Cl)c4)n3)ccc2[nH]1. The topological polar surface area (TPSA) is 53.6 Å². The van der Waals surface area contributed by atoms with Crippen LogP contribution in [0.2, 0.25) is 5.02 Å². The summed E-state index contributed by atoms with van der Waals surface area (Å²) in [4.78, 5) is 11.9. The molecule has 0 bridgehead atoms. The lowest BCUT2D eigenvalue weighted by atomic mass is 10.1. The Morgan fingerprint density at radius 1 is 1.15 bits per heavy atom. The van der Waals surface area contributed by atoms with Crippen molar-refractivity contribution in [1.82, 2.24) is 15.0 Å². The molecular formula is C20H16ClFN4. The van der Waals surface area contributed by atoms with Gasteiger partial charge in [0.2, 0.25) is 0 Å². The van der Waals surface area contributed by atoms with Crippen LogP contribution in [0, 0.1) is 12.7 Å². The van der Waals surface area contributed by atoms with E-state index < -0.39 is 0 Å². The van der Waals surface area contributed by atoms with E-state index in [1.165, 1.54) is 0 Å². The van der Waals surface area contributed by atoms with E-state index in [0.29, 0.717) is 34.2 Å². The van der Waals surface area contributed by atoms with Gasteiger partial charge in [0.25, 0.3) is 0 Å². The molecule has 2 aromatic carbocycles. The fraction of sp³-hybridized carbons (Fsp3) is 0.100. The van der Waals surface area contributed by atoms with E-state index in [4.69, 9.17) is 11.6 Å². The van der Waals surface area contributed by atoms with Gasteiger partial charge in [-0.3, -0.25) is 0 Å². The van der Waals surface area contributed by atoms with Gasteiger partial charge < -0.3 is 10.3 Å². The summed E-state index contributed by atoms with van der Waals surface area (Å²) in [6, 6.07) is 14.6. The minimum atomic E-state index is -0.304. The summed E-state index contributed by atoms with van der Waals surface area (Å²) in [5.74, 6) is 0.876. The van der Waals surface area contributed by atoms with Crippen LogP contribution in [0.5, 0.6) is 0 Å². The highest BCUT2D eigenvalue weighted by molar-refractivity contribution is 6.30. The highest BCUT2D eigenvalue weighted by Crippen LogP contribution is 2.27. The fourth-order valence-electron chi connectivity index (χ4n) is 2.93. The Kier molecular flexibility index (Phi) is 4.31. The predicted molar refractivity (Wildman–Crippen MR) is 103 cm³/mol. The number of rotatable bonds is 4. The largest absolute Gasteiger partial charge is 0.359 e. The summed E-state index contributed by atoms with van der Waals surface area (Å²) in [5.41, 5.74) is 3.09. The molecule has 0 unspecified atom stereocenters. The van der Waals surface area contributed by atoms with Gasteiger partial charge in [0.15, 0.2) is 5.82 Å². The molecule has 2 aromatic heterocycles. The zero-order valence-corrected chi connectivity index (χ0v) is 14.8. The molecule has 0 saturated heterocycles. The Bertz CT molecular complexity index is 1090. The van der Waals surface area contributed by atoms with E-state index in [-0.39, 0.29) is 5.82 Å². The van der Waals surface area contributed by atoms with E-state index >= 15 is 0 Å². The molecule has 0 amide bonds. The molecule has 4 rings (SSSR count). The zero-order valence-electron chi connectivity index (χ0n) is 14.1. The predicted octanol–water partition coefficient (Wildman–Crippen LogP) is 5.39. The van der Waals surface area contributed by atoms with E-state index in [2.05, 4.69) is 20.3 Å². The molecule has 0 aliphatic rings. The lowest BCUT2D eigenvalue weighted by Gasteiger charge is -2.09. The van der Waals surface area contributed by atoms with Crippen LogP contribution in [0.3, 0.4) is 0 Å². The summed E-state index contributed by atoms with van der Waals surface area (Å²) in [6.45, 7) is 1.90. The zero-order chi connectivity index (χ0) is 18.1. The molecule has 2 heterocycles. The molecule has 0 aliphatic heterocycles. The number of aryl methyl sites for hydroxylation is 1. The van der Waals surface area contributed by atoms with Crippen LogP contribution in [0.4, 0.5) is 15.9 Å². The number of benzene rings is 2. The maximum absolute atomic E-state index is 14.7. The number of H-pyrrole nitrogens is 1. The number of aromatic nitrogens is 3. The molecular weight excluding hydrogens is 351 g/mol. The summed E-state index contributed by atoms with van der Waals surface area (Å²) < 4.78 is 14.7. The van der Waals surface area contributed by atoms with Crippen molar-refractivity contribution < 1.29 is 4.39 Å². The van der Waals surface area contributed by atoms with Gasteiger partial charge >= 0.3 is 0 Å². The van der Waals surface area contributed by atoms with Crippen LogP contribution in [0.15, 0.2) is 54.7 Å². The molecule has 0 atom stereocenters. The maximum atomic E-state index is 14.7. The lowest BCUT2D eigenvalue weighted by Crippen LogP contribution is -2.01. The molecule has 26 heavy (non-hydrogen) atoms. The lowest BCUT2D eigenvalue weighted by molar-refractivity contribution is 0.643. The normalized spacial score (nSPS) is 11.0. The Labute approximate surface area is 155 Å². The van der Waals surface area contributed by atoms with Gasteiger partial charge in [0.1, 0.15) is 11.6 Å². The second kappa shape index (κ2) is 6.77. The number of halogens is 2. The highest BCUT2D eigenvalue weighted by atomic mass is 35.5. The first-order chi connectivity index (χ1) is 12.6. The van der Waals surface area contributed by atoms with Gasteiger partial charge in [-0.25, -0.2) is 14.4 Å². The van der Waals surface area contributed by atoms with Gasteiger partial charge in [-0.1, -0.05) is 23.7 Å². The van der Waals surface area contributed by atoms with Gasteiger partial charge in [-0.05, 0) is 48.9 Å². The summed E-state index contributed by atoms with van der Waals surface area (Å²) >= 11 is 6.02. The van der Waals surface area contributed by atoms with Gasteiger partial charge in [-0.2, -0.15) is 0 Å². The number of nitrogens with one attached hydrogen (secondary N) is 2. The van der Waals surface area contributed by atoms with E-state index in [0.717, 1.165) is 16.8 Å². The molecule has 2 N–H and O–H groups in total. The number of hydrogen-bond donors (Lipinski definition) is 2. The number of anilines is 2. The van der Waals surface area contributed by atoms with Gasteiger partial charge in [0.05, 0.1) is 5.69 Å². The molecule has 0 aliphatic carbocycles. The molecule has 0 fully saturated rings. The average molecular weight is 367 g/mol. The number of fused-ring (bicyclic) bond motifs is 1. The third kappa shape index (κ3) is 3.39. The number of hydrogen-bond acceptors (Lipinski definition) is 3. The van der Waals surface area contributed by atoms with Crippen LogP contribution in [0.1, 0.15) is 17.1 Å². The van der Waals surface area contributed by atoms with Crippen LogP contribution in [0.25, 0.3) is 10.9 Å². The first-order valence-corrected chi connectivity index (χ1v) is 8.57. The monoisotopic (exact) mass is 366 g/mol. The van der Waals surface area contributed by atoms with Crippen molar-refractivity contribution >= 4 is 34.0 Å². The quantitative estimate of drug-likeness (QED) is 0.509. The van der Waals surface area contributed by atoms with E-state index in [9.17, 15) is 4.39 Å². The van der Waals surface area contributed by atoms with Gasteiger partial charge in [-0.15, -0.1) is 0 Å². The third-order valence-electron chi connectivity index (χ3n) is 4.09. The standard InChI is InChI=1S/C20H16ClFN4/c1-12-9-15-16(24-12)5-6-17(20(15)22)25-18-7-8-23-19(26-18)11-13-3-2-4-14(21)10-13/h2-10,24H,11H2,1H3,(H,23,25,26). The first kappa shape index (κ1) is 16.5. The third-order valence-corrected chi connectivity index (χ3v) is 4.33. The molecule has 0 radical (unpaired) electrons. The van der Waals surface area contributed by atoms with Crippen molar-refractivity contribution in [1.29, 1.82) is 0 Å². The highest BCUT2D eigenvalue weighted by Gasteiger charge is 2.10. The molecule has 6 heteroatoms. The van der Waals surface area contributed by atoms with Crippen molar-refractivity contribution in [3.8, 4) is 0 Å². The molecule has 4 aromatic rings. The van der Waals surface area contributed by atoms with E-state index in [1.54, 1.807) is 24.4 Å². The van der Waals surface area contributed by atoms with Crippen molar-refractivity contribution in [3.05, 3.63) is 82.6 Å². The van der Waals surface area contributed by atoms with Crippen molar-refractivity contribution in [3.63, 3.8) is 0 Å². The van der Waals surface area contributed by atoms with Crippen LogP contribution < -0.4 is 5.32 Å². The molecule has 0 saturated carbocycles. The van der Waals surface area contributed by atoms with Gasteiger partial charge in [0, 0.05) is 34.2 Å². The maximum Gasteiger partial charge on any atom is 0.156 e. The summed E-state index contributed by atoms with van der Waals surface area (Å²) in [5, 5.41) is 4.28. The molecule has 0 spiro atoms. The molecule has 4 nitrogen and oxygen atoms in total. The van der Waals surface area contributed by atoms with Crippen LogP contribution in [-0.4, -0.2) is 15.0 Å². The fourth-order valence-corrected chi connectivity index (χ4v) is 3.14. The van der Waals surface area contributed by atoms with E-state index in [1.807, 2.05) is 37.3 Å². The Hall–Kier alpha value is -2.92. The van der Waals surface area contributed by atoms with Crippen molar-refractivity contribution in [2.45, 2.75) is 13.3 Å². The minimum Gasteiger partial charge on any atom is -0.359 e. The Morgan fingerprint density at radius 3 is 2.88 bits per heavy atom. The first-order valence-electron chi connectivity index (χ1n) is 8.20. The smallest absolute Gasteiger partial charge is 0.156 e. The van der Waals surface area contributed by atoms with Crippen molar-refractivity contribution in [2.24, 2.45) is 0 Å². The minimum absolute atomic E-state index is 0.304. The summed E-state index contributed by atoms with van der Waals surface area (Å²) in [6.07, 6.45) is 2.21. The molecule has 130 valence electrons. The number of nitrogens with zero attached hydrogens (tertiary/aromatic N) is 2. The Balaban J connectivity index is 1.60. The van der Waals surface area contributed by atoms with Crippen molar-refractivity contribution in [2.75, 3.05) is 5.32 Å². The summed E-state index contributed by atoms with van der Waals surface area (Å²) in [7, 11) is 0. The Morgan fingerprint density at radius 2 is 2.04 bits per heavy atom.